The summed E-state index contributed by atoms with van der Waals surface area (Å²) in [6, 6.07) is 8.76. The normalized spacial score (nSPS) is 24.6. The van der Waals surface area contributed by atoms with Gasteiger partial charge in [-0.3, -0.25) is 4.79 Å². The van der Waals surface area contributed by atoms with E-state index in [1.54, 1.807) is 0 Å². The number of carbonyl (C=O) groups excluding carboxylic acids is 1. The third kappa shape index (κ3) is 3.60. The number of hydrogen-bond donors (Lipinski definition) is 1. The van der Waals surface area contributed by atoms with Crippen molar-refractivity contribution >= 4 is 11.6 Å². The topological polar surface area (TPSA) is 32.3 Å². The summed E-state index contributed by atoms with van der Waals surface area (Å²) in [6.45, 7) is 8.28. The molecule has 3 heteroatoms. The van der Waals surface area contributed by atoms with Crippen LogP contribution in [-0.4, -0.2) is 25.0 Å². The van der Waals surface area contributed by atoms with E-state index in [-0.39, 0.29) is 5.91 Å². The van der Waals surface area contributed by atoms with Gasteiger partial charge in [0.1, 0.15) is 0 Å². The second-order valence-corrected chi connectivity index (χ2v) is 8.17. The molecule has 0 aromatic heterocycles. The van der Waals surface area contributed by atoms with Gasteiger partial charge in [-0.2, -0.15) is 0 Å². The number of rotatable bonds is 3. The Hall–Kier alpha value is -1.35. The molecule has 126 valence electrons. The maximum Gasteiger partial charge on any atom is 0.240 e. The summed E-state index contributed by atoms with van der Waals surface area (Å²) >= 11 is 0. The lowest BCUT2D eigenvalue weighted by molar-refractivity contribution is -0.118. The van der Waals surface area contributed by atoms with Crippen LogP contribution in [0.4, 0.5) is 5.69 Å². The Balaban J connectivity index is 1.61. The molecule has 0 radical (unpaired) electrons. The average Bonchev–Trinajstić information content (AvgIpc) is 2.96. The van der Waals surface area contributed by atoms with Crippen molar-refractivity contribution in [1.82, 2.24) is 5.32 Å². The molecule has 3 nitrogen and oxygen atoms in total. The zero-order valence-corrected chi connectivity index (χ0v) is 14.8. The van der Waals surface area contributed by atoms with E-state index in [4.69, 9.17) is 0 Å². The van der Waals surface area contributed by atoms with Crippen LogP contribution in [0.3, 0.4) is 0 Å². The Morgan fingerprint density at radius 1 is 1.22 bits per heavy atom. The van der Waals surface area contributed by atoms with Crippen molar-refractivity contribution in [2.75, 3.05) is 18.0 Å². The van der Waals surface area contributed by atoms with Crippen LogP contribution in [0.5, 0.6) is 0 Å². The van der Waals surface area contributed by atoms with E-state index in [0.29, 0.717) is 23.9 Å². The van der Waals surface area contributed by atoms with Gasteiger partial charge in [-0.1, -0.05) is 51.8 Å². The molecule has 1 N–H and O–H groups in total. The SMILES string of the molecule is CC(C)(C)C1CCCCC1NCC(=O)N1CCc2ccccc21. The highest BCUT2D eigenvalue weighted by Gasteiger charge is 2.34. The van der Waals surface area contributed by atoms with Crippen molar-refractivity contribution in [3.63, 3.8) is 0 Å². The van der Waals surface area contributed by atoms with E-state index in [1.165, 1.54) is 31.2 Å². The predicted octanol–water partition coefficient (Wildman–Crippen LogP) is 3.77. The Morgan fingerprint density at radius 3 is 2.74 bits per heavy atom. The van der Waals surface area contributed by atoms with Crippen LogP contribution in [0.15, 0.2) is 24.3 Å². The van der Waals surface area contributed by atoms with Gasteiger partial charge in [0, 0.05) is 18.3 Å². The molecule has 1 fully saturated rings. The molecule has 1 aliphatic heterocycles. The molecule has 1 aromatic rings. The van der Waals surface area contributed by atoms with Gasteiger partial charge in [0.25, 0.3) is 0 Å². The van der Waals surface area contributed by atoms with Crippen LogP contribution in [0.25, 0.3) is 0 Å². The first kappa shape index (κ1) is 16.5. The van der Waals surface area contributed by atoms with Gasteiger partial charge < -0.3 is 10.2 Å². The number of nitrogens with one attached hydrogen (secondary N) is 1. The molecule has 0 saturated heterocycles. The van der Waals surface area contributed by atoms with Crippen LogP contribution in [-0.2, 0) is 11.2 Å². The maximum absolute atomic E-state index is 12.7. The van der Waals surface area contributed by atoms with Crippen LogP contribution in [0, 0.1) is 11.3 Å². The molecule has 1 saturated carbocycles. The van der Waals surface area contributed by atoms with Gasteiger partial charge in [0.15, 0.2) is 0 Å². The Labute approximate surface area is 140 Å². The highest BCUT2D eigenvalue weighted by atomic mass is 16.2. The summed E-state index contributed by atoms with van der Waals surface area (Å²) in [6.07, 6.45) is 6.07. The van der Waals surface area contributed by atoms with Crippen molar-refractivity contribution in [3.05, 3.63) is 29.8 Å². The Morgan fingerprint density at radius 2 is 1.96 bits per heavy atom. The number of para-hydroxylation sites is 1. The summed E-state index contributed by atoms with van der Waals surface area (Å²) < 4.78 is 0. The van der Waals surface area contributed by atoms with E-state index in [1.807, 2.05) is 11.0 Å². The van der Waals surface area contributed by atoms with Gasteiger partial charge in [-0.15, -0.1) is 0 Å². The first-order valence-electron chi connectivity index (χ1n) is 9.08. The summed E-state index contributed by atoms with van der Waals surface area (Å²) in [4.78, 5) is 14.6. The van der Waals surface area contributed by atoms with Gasteiger partial charge in [0.05, 0.1) is 6.54 Å². The quantitative estimate of drug-likeness (QED) is 0.921. The molecule has 0 spiro atoms. The lowest BCUT2D eigenvalue weighted by Gasteiger charge is -2.41. The number of benzene rings is 1. The number of carbonyl (C=O) groups is 1. The number of amides is 1. The van der Waals surface area contributed by atoms with Crippen LogP contribution >= 0.6 is 0 Å². The molecule has 2 unspecified atom stereocenters. The second-order valence-electron chi connectivity index (χ2n) is 8.17. The highest BCUT2D eigenvalue weighted by Crippen LogP contribution is 2.38. The molecule has 3 rings (SSSR count). The minimum Gasteiger partial charge on any atom is -0.311 e. The lowest BCUT2D eigenvalue weighted by Crippen LogP contribution is -2.48. The Kier molecular flexibility index (Phi) is 4.77. The van der Waals surface area contributed by atoms with Crippen molar-refractivity contribution in [2.24, 2.45) is 11.3 Å². The van der Waals surface area contributed by atoms with Gasteiger partial charge in [0.2, 0.25) is 5.91 Å². The van der Waals surface area contributed by atoms with E-state index in [9.17, 15) is 4.79 Å². The fraction of sp³-hybridized carbons (Fsp3) is 0.650. The fourth-order valence-electron chi connectivity index (χ4n) is 4.32. The van der Waals surface area contributed by atoms with Crippen LogP contribution in [0.1, 0.15) is 52.0 Å². The summed E-state index contributed by atoms with van der Waals surface area (Å²) in [5.74, 6) is 0.878. The molecule has 1 heterocycles. The average molecular weight is 314 g/mol. The second kappa shape index (κ2) is 6.64. The zero-order valence-electron chi connectivity index (χ0n) is 14.8. The predicted molar refractivity (Wildman–Crippen MR) is 95.7 cm³/mol. The smallest absolute Gasteiger partial charge is 0.240 e. The van der Waals surface area contributed by atoms with Crippen molar-refractivity contribution in [3.8, 4) is 0 Å². The molecule has 0 bridgehead atoms. The molecule has 1 aromatic carbocycles. The van der Waals surface area contributed by atoms with Gasteiger partial charge >= 0.3 is 0 Å². The third-order valence-corrected chi connectivity index (χ3v) is 5.58. The van der Waals surface area contributed by atoms with E-state index >= 15 is 0 Å². The third-order valence-electron chi connectivity index (χ3n) is 5.58. The largest absolute Gasteiger partial charge is 0.311 e. The molecule has 1 amide bonds. The maximum atomic E-state index is 12.7. The Bertz CT molecular complexity index is 561. The first-order valence-corrected chi connectivity index (χ1v) is 9.08. The first-order chi connectivity index (χ1) is 11.0. The van der Waals surface area contributed by atoms with Crippen LogP contribution < -0.4 is 10.2 Å². The molecule has 2 atom stereocenters. The molecule has 2 aliphatic rings. The molecule has 23 heavy (non-hydrogen) atoms. The van der Waals surface area contributed by atoms with Gasteiger partial charge in [-0.25, -0.2) is 0 Å². The zero-order chi connectivity index (χ0) is 16.4. The number of fused-ring (bicyclic) bond motifs is 1. The number of anilines is 1. The van der Waals surface area contributed by atoms with Gasteiger partial charge in [-0.05, 0) is 42.2 Å². The summed E-state index contributed by atoms with van der Waals surface area (Å²) in [5.41, 5.74) is 2.71. The highest BCUT2D eigenvalue weighted by molar-refractivity contribution is 5.96. The monoisotopic (exact) mass is 314 g/mol. The number of hydrogen-bond acceptors (Lipinski definition) is 2. The fourth-order valence-corrected chi connectivity index (χ4v) is 4.32. The number of nitrogens with zero attached hydrogens (tertiary/aromatic N) is 1. The van der Waals surface area contributed by atoms with Crippen molar-refractivity contribution in [2.45, 2.75) is 58.9 Å². The van der Waals surface area contributed by atoms with Crippen molar-refractivity contribution in [1.29, 1.82) is 0 Å². The van der Waals surface area contributed by atoms with Crippen LogP contribution in [0.2, 0.25) is 0 Å². The van der Waals surface area contributed by atoms with E-state index < -0.39 is 0 Å². The standard InChI is InChI=1S/C20H30N2O/c1-20(2,3)16-9-5-6-10-17(16)21-14-19(23)22-13-12-15-8-4-7-11-18(15)22/h4,7-8,11,16-17,21H,5-6,9-10,12-14H2,1-3H3. The molecular weight excluding hydrogens is 284 g/mol. The minimum absolute atomic E-state index is 0.216. The van der Waals surface area contributed by atoms with Crippen molar-refractivity contribution < 1.29 is 4.79 Å². The molecular formula is C20H30N2O. The van der Waals surface area contributed by atoms with E-state index in [2.05, 4.69) is 44.3 Å². The van der Waals surface area contributed by atoms with E-state index in [0.717, 1.165) is 18.7 Å². The minimum atomic E-state index is 0.216. The summed E-state index contributed by atoms with van der Waals surface area (Å²) in [7, 11) is 0. The summed E-state index contributed by atoms with van der Waals surface area (Å²) in [5, 5.41) is 3.59. The lowest BCUT2D eigenvalue weighted by atomic mass is 9.69. The molecule has 1 aliphatic carbocycles.